The van der Waals surface area contributed by atoms with Gasteiger partial charge in [-0.2, -0.15) is 13.2 Å². The van der Waals surface area contributed by atoms with Crippen molar-refractivity contribution in [3.8, 4) is 0 Å². The fourth-order valence-electron chi connectivity index (χ4n) is 4.56. The van der Waals surface area contributed by atoms with Crippen molar-refractivity contribution in [2.45, 2.75) is 44.4 Å². The number of nitrogens with zero attached hydrogens (tertiary/aromatic N) is 1. The van der Waals surface area contributed by atoms with E-state index in [9.17, 15) is 32.7 Å². The number of benzene rings is 1. The van der Waals surface area contributed by atoms with Crippen LogP contribution in [0.4, 0.5) is 13.2 Å². The Morgan fingerprint density at radius 1 is 1.21 bits per heavy atom. The van der Waals surface area contributed by atoms with Crippen LogP contribution in [0.2, 0.25) is 0 Å². The molecule has 0 bridgehead atoms. The molecule has 0 saturated carbocycles. The third-order valence-corrected chi connectivity index (χ3v) is 6.78. The molecule has 1 aromatic carbocycles. The molecule has 0 radical (unpaired) electrons. The van der Waals surface area contributed by atoms with E-state index in [0.29, 0.717) is 4.88 Å². The Morgan fingerprint density at radius 2 is 1.85 bits per heavy atom. The van der Waals surface area contributed by atoms with Crippen LogP contribution in [0.25, 0.3) is 0 Å². The predicted molar refractivity (Wildman–Crippen MR) is 115 cm³/mol. The molecule has 6 nitrogen and oxygen atoms in total. The normalized spacial score (nSPS) is 23.1. The first-order chi connectivity index (χ1) is 15.4. The van der Waals surface area contributed by atoms with Crippen molar-refractivity contribution in [1.82, 2.24) is 4.90 Å². The summed E-state index contributed by atoms with van der Waals surface area (Å²) in [5.74, 6) is -3.77. The number of rotatable bonds is 6. The molecular formula is C23H24F3NO5S. The lowest BCUT2D eigenvalue weighted by atomic mass is 9.83. The van der Waals surface area contributed by atoms with Gasteiger partial charge in [-0.3, -0.25) is 9.59 Å². The van der Waals surface area contributed by atoms with E-state index in [1.807, 2.05) is 0 Å². The van der Waals surface area contributed by atoms with Gasteiger partial charge in [0.25, 0.3) is 5.91 Å². The van der Waals surface area contributed by atoms with Gasteiger partial charge in [-0.15, -0.1) is 11.3 Å². The van der Waals surface area contributed by atoms with Crippen molar-refractivity contribution in [3.05, 3.63) is 57.8 Å². The van der Waals surface area contributed by atoms with Crippen molar-refractivity contribution < 1.29 is 37.4 Å². The van der Waals surface area contributed by atoms with E-state index >= 15 is 0 Å². The number of esters is 1. The topological polar surface area (TPSA) is 83.9 Å². The lowest BCUT2D eigenvalue weighted by Crippen LogP contribution is -2.54. The number of hydrogen-bond acceptors (Lipinski definition) is 5. The monoisotopic (exact) mass is 483 g/mol. The van der Waals surface area contributed by atoms with E-state index in [2.05, 4.69) is 0 Å². The van der Waals surface area contributed by atoms with E-state index in [1.54, 1.807) is 31.4 Å². The Hall–Kier alpha value is -2.88. The number of carboxylic acids is 1. The fourth-order valence-corrected chi connectivity index (χ4v) is 5.45. The maximum absolute atomic E-state index is 13.7. The smallest absolute Gasteiger partial charge is 0.416 e. The van der Waals surface area contributed by atoms with Crippen LogP contribution in [0.3, 0.4) is 0 Å². The molecule has 178 valence electrons. The van der Waals surface area contributed by atoms with Crippen LogP contribution in [0.15, 0.2) is 41.8 Å². The minimum Gasteiger partial charge on any atom is -0.479 e. The fraction of sp³-hybridized carbons (Fsp3) is 0.435. The summed E-state index contributed by atoms with van der Waals surface area (Å²) in [4.78, 5) is 40.8. The summed E-state index contributed by atoms with van der Waals surface area (Å²) in [6, 6.07) is 6.12. The largest absolute Gasteiger partial charge is 0.479 e. The molecule has 1 aliphatic rings. The van der Waals surface area contributed by atoms with E-state index < -0.39 is 47.1 Å². The number of likely N-dealkylation sites (tertiary alicyclic amines) is 1. The molecule has 10 heteroatoms. The van der Waals surface area contributed by atoms with Gasteiger partial charge in [0, 0.05) is 10.4 Å². The molecule has 3 rings (SSSR count). The zero-order chi connectivity index (χ0) is 24.6. The molecular weight excluding hydrogens is 459 g/mol. The third-order valence-electron chi connectivity index (χ3n) is 5.84. The van der Waals surface area contributed by atoms with Gasteiger partial charge in [-0.05, 0) is 54.5 Å². The molecule has 0 spiro atoms. The van der Waals surface area contributed by atoms with E-state index in [-0.39, 0.29) is 24.3 Å². The maximum atomic E-state index is 13.7. The SMILES string of the molecule is COC(=O)C1CC(CC(C)C)(C(=O)O)N(C(=O)c2ccc(C(F)(F)F)cc2)C1c1cccs1. The summed E-state index contributed by atoms with van der Waals surface area (Å²) in [7, 11) is 1.19. The number of carbonyl (C=O) groups is 3. The first-order valence-corrected chi connectivity index (χ1v) is 11.2. The second-order valence-electron chi connectivity index (χ2n) is 8.48. The Labute approximate surface area is 193 Å². The van der Waals surface area contributed by atoms with Crippen LogP contribution in [-0.4, -0.2) is 40.5 Å². The van der Waals surface area contributed by atoms with Gasteiger partial charge < -0.3 is 14.7 Å². The van der Waals surface area contributed by atoms with Crippen LogP contribution in [0, 0.1) is 11.8 Å². The molecule has 2 aromatic rings. The Kier molecular flexibility index (Phi) is 6.88. The van der Waals surface area contributed by atoms with Gasteiger partial charge in [0.2, 0.25) is 0 Å². The Morgan fingerprint density at radius 3 is 2.30 bits per heavy atom. The molecule has 3 unspecified atom stereocenters. The summed E-state index contributed by atoms with van der Waals surface area (Å²) in [5.41, 5.74) is -2.75. The van der Waals surface area contributed by atoms with E-state index in [0.717, 1.165) is 24.3 Å². The molecule has 1 saturated heterocycles. The van der Waals surface area contributed by atoms with E-state index in [1.165, 1.54) is 23.3 Å². The summed E-state index contributed by atoms with van der Waals surface area (Å²) < 4.78 is 43.9. The van der Waals surface area contributed by atoms with Gasteiger partial charge in [0.1, 0.15) is 5.54 Å². The number of hydrogen-bond donors (Lipinski definition) is 1. The summed E-state index contributed by atoms with van der Waals surface area (Å²) in [6.07, 6.45) is -4.68. The number of halogens is 3. The Bertz CT molecular complexity index is 1020. The molecule has 1 N–H and O–H groups in total. The molecule has 1 aromatic heterocycles. The van der Waals surface area contributed by atoms with Gasteiger partial charge in [0.05, 0.1) is 24.6 Å². The lowest BCUT2D eigenvalue weighted by Gasteiger charge is -2.39. The zero-order valence-electron chi connectivity index (χ0n) is 18.3. The maximum Gasteiger partial charge on any atom is 0.416 e. The molecule has 0 aliphatic carbocycles. The number of ether oxygens (including phenoxy) is 1. The lowest BCUT2D eigenvalue weighted by molar-refractivity contribution is -0.150. The van der Waals surface area contributed by atoms with Crippen LogP contribution < -0.4 is 0 Å². The van der Waals surface area contributed by atoms with E-state index in [4.69, 9.17) is 4.74 Å². The second kappa shape index (κ2) is 9.17. The summed E-state index contributed by atoms with van der Waals surface area (Å²) in [6.45, 7) is 3.61. The molecule has 1 fully saturated rings. The number of amides is 1. The average Bonchev–Trinajstić information content (AvgIpc) is 3.38. The Balaban J connectivity index is 2.18. The molecule has 1 aliphatic heterocycles. The van der Waals surface area contributed by atoms with Crippen molar-refractivity contribution in [3.63, 3.8) is 0 Å². The number of alkyl halides is 3. The quantitative estimate of drug-likeness (QED) is 0.584. The van der Waals surface area contributed by atoms with Crippen LogP contribution in [0.1, 0.15) is 53.5 Å². The summed E-state index contributed by atoms with van der Waals surface area (Å²) >= 11 is 1.26. The predicted octanol–water partition coefficient (Wildman–Crippen LogP) is 5.01. The number of methoxy groups -OCH3 is 1. The van der Waals surface area contributed by atoms with Crippen molar-refractivity contribution in [2.24, 2.45) is 11.8 Å². The first-order valence-electron chi connectivity index (χ1n) is 10.3. The van der Waals surface area contributed by atoms with Gasteiger partial charge in [-0.25, -0.2) is 4.79 Å². The van der Waals surface area contributed by atoms with Crippen LogP contribution >= 0.6 is 11.3 Å². The third kappa shape index (κ3) is 4.62. The minimum atomic E-state index is -4.58. The number of thiophene rings is 1. The number of carboxylic acid groups (broad SMARTS) is 1. The van der Waals surface area contributed by atoms with Crippen LogP contribution in [0.5, 0.6) is 0 Å². The zero-order valence-corrected chi connectivity index (χ0v) is 19.1. The van der Waals surface area contributed by atoms with Crippen molar-refractivity contribution in [2.75, 3.05) is 7.11 Å². The summed E-state index contributed by atoms with van der Waals surface area (Å²) in [5, 5.41) is 12.1. The van der Waals surface area contributed by atoms with Gasteiger partial charge >= 0.3 is 18.1 Å². The highest BCUT2D eigenvalue weighted by Crippen LogP contribution is 2.51. The number of carbonyl (C=O) groups excluding carboxylic acids is 2. The number of aliphatic carboxylic acids is 1. The molecule has 3 atom stereocenters. The second-order valence-corrected chi connectivity index (χ2v) is 9.46. The molecule has 33 heavy (non-hydrogen) atoms. The highest BCUT2D eigenvalue weighted by Gasteiger charge is 2.61. The van der Waals surface area contributed by atoms with Crippen molar-refractivity contribution in [1.29, 1.82) is 0 Å². The minimum absolute atomic E-state index is 0.0596. The van der Waals surface area contributed by atoms with Gasteiger partial charge in [-0.1, -0.05) is 19.9 Å². The average molecular weight is 484 g/mol. The molecule has 1 amide bonds. The highest BCUT2D eigenvalue weighted by atomic mass is 32.1. The standard InChI is InChI=1S/C23H24F3NO5S/c1-13(2)11-22(21(30)31)12-16(20(29)32-3)18(17-5-4-10-33-17)27(22)19(28)14-6-8-15(9-7-14)23(24,25)26/h4-10,13,16,18H,11-12H2,1-3H3,(H,30,31). The van der Waals surface area contributed by atoms with Crippen LogP contribution in [-0.2, 0) is 20.5 Å². The van der Waals surface area contributed by atoms with Gasteiger partial charge in [0.15, 0.2) is 0 Å². The highest BCUT2D eigenvalue weighted by molar-refractivity contribution is 7.10. The van der Waals surface area contributed by atoms with Crippen molar-refractivity contribution >= 4 is 29.2 Å². The molecule has 2 heterocycles. The first kappa shape index (κ1) is 24.8.